The second kappa shape index (κ2) is 7.52. The first-order valence-corrected chi connectivity index (χ1v) is 9.70. The van der Waals surface area contributed by atoms with Gasteiger partial charge in [0.15, 0.2) is 0 Å². The number of fused-ring (bicyclic) bond motifs is 1. The summed E-state index contributed by atoms with van der Waals surface area (Å²) in [4.78, 5) is 21.9. The van der Waals surface area contributed by atoms with E-state index in [0.717, 1.165) is 26.6 Å². The van der Waals surface area contributed by atoms with E-state index in [9.17, 15) is 4.79 Å². The van der Waals surface area contributed by atoms with Crippen LogP contribution in [0, 0.1) is 13.8 Å². The number of aromatic nitrogens is 2. The predicted molar refractivity (Wildman–Crippen MR) is 117 cm³/mol. The molecule has 2 aromatic heterocycles. The zero-order valence-corrected chi connectivity index (χ0v) is 17.1. The Morgan fingerprint density at radius 3 is 2.61 bits per heavy atom. The molecule has 2 aromatic carbocycles. The zero-order valence-electron chi connectivity index (χ0n) is 15.5. The maximum Gasteiger partial charge on any atom is 0.256 e. The number of anilines is 1. The molecule has 0 bridgehead atoms. The van der Waals surface area contributed by atoms with Crippen molar-refractivity contribution in [2.45, 2.75) is 13.8 Å². The molecular weight excluding hydrogens is 414 g/mol. The van der Waals surface area contributed by atoms with Crippen LogP contribution in [0.2, 0.25) is 0 Å². The summed E-state index contributed by atoms with van der Waals surface area (Å²) in [5, 5.41) is 3.72. The Morgan fingerprint density at radius 1 is 1.00 bits per heavy atom. The molecule has 0 atom stereocenters. The van der Waals surface area contributed by atoms with Crippen LogP contribution < -0.4 is 5.32 Å². The molecule has 1 N–H and O–H groups in total. The third kappa shape index (κ3) is 3.66. The molecule has 28 heavy (non-hydrogen) atoms. The topological polar surface area (TPSA) is 54.9 Å². The van der Waals surface area contributed by atoms with Crippen molar-refractivity contribution < 1.29 is 4.79 Å². The molecule has 138 valence electrons. The molecule has 4 aromatic rings. The van der Waals surface area contributed by atoms with E-state index in [2.05, 4.69) is 52.2 Å². The summed E-state index contributed by atoms with van der Waals surface area (Å²) in [6, 6.07) is 17.4. The van der Waals surface area contributed by atoms with Gasteiger partial charge in [-0.1, -0.05) is 28.1 Å². The standard InChI is InChI=1S/C23H18BrN3O/c1-14-5-6-16(10-15(14)2)22-12-20(19-11-17(24)7-8-21(19)27-22)23(28)26-18-4-3-9-25-13-18/h3-13H,1-2H3,(H,26,28). The summed E-state index contributed by atoms with van der Waals surface area (Å²) >= 11 is 3.49. The van der Waals surface area contributed by atoms with Crippen LogP contribution in [0.25, 0.3) is 22.2 Å². The van der Waals surface area contributed by atoms with Crippen molar-refractivity contribution in [3.63, 3.8) is 0 Å². The monoisotopic (exact) mass is 431 g/mol. The summed E-state index contributed by atoms with van der Waals surface area (Å²) in [7, 11) is 0. The van der Waals surface area contributed by atoms with E-state index in [0.29, 0.717) is 11.3 Å². The number of halogens is 1. The Bertz CT molecular complexity index is 1190. The first-order valence-electron chi connectivity index (χ1n) is 8.90. The quantitative estimate of drug-likeness (QED) is 0.437. The van der Waals surface area contributed by atoms with Crippen LogP contribution in [-0.2, 0) is 0 Å². The third-order valence-corrected chi connectivity index (χ3v) is 5.23. The molecule has 5 heteroatoms. The molecule has 0 saturated carbocycles. The summed E-state index contributed by atoms with van der Waals surface area (Å²) < 4.78 is 0.899. The first-order chi connectivity index (χ1) is 13.5. The van der Waals surface area contributed by atoms with Crippen molar-refractivity contribution in [2.75, 3.05) is 5.32 Å². The van der Waals surface area contributed by atoms with Gasteiger partial charge in [-0.3, -0.25) is 9.78 Å². The Kier molecular flexibility index (Phi) is 4.92. The molecule has 0 aliphatic rings. The number of pyridine rings is 2. The van der Waals surface area contributed by atoms with Gasteiger partial charge in [-0.15, -0.1) is 0 Å². The lowest BCUT2D eigenvalue weighted by Gasteiger charge is -2.12. The molecular formula is C23H18BrN3O. The second-order valence-corrected chi connectivity index (χ2v) is 7.63. The number of benzene rings is 2. The van der Waals surface area contributed by atoms with Crippen LogP contribution in [0.3, 0.4) is 0 Å². The van der Waals surface area contributed by atoms with Gasteiger partial charge in [-0.2, -0.15) is 0 Å². The number of amides is 1. The van der Waals surface area contributed by atoms with Crippen LogP contribution in [0.5, 0.6) is 0 Å². The lowest BCUT2D eigenvalue weighted by atomic mass is 10.0. The van der Waals surface area contributed by atoms with Crippen molar-refractivity contribution in [2.24, 2.45) is 0 Å². The highest BCUT2D eigenvalue weighted by Gasteiger charge is 2.15. The van der Waals surface area contributed by atoms with Gasteiger partial charge >= 0.3 is 0 Å². The smallest absolute Gasteiger partial charge is 0.256 e. The largest absolute Gasteiger partial charge is 0.321 e. The number of rotatable bonds is 3. The Hall–Kier alpha value is -3.05. The lowest BCUT2D eigenvalue weighted by molar-refractivity contribution is 0.102. The number of nitrogens with one attached hydrogen (secondary N) is 1. The van der Waals surface area contributed by atoms with Gasteiger partial charge in [0.2, 0.25) is 0 Å². The van der Waals surface area contributed by atoms with Crippen molar-refractivity contribution in [1.29, 1.82) is 0 Å². The maximum absolute atomic E-state index is 13.1. The van der Waals surface area contributed by atoms with Crippen LogP contribution in [-0.4, -0.2) is 15.9 Å². The third-order valence-electron chi connectivity index (χ3n) is 4.74. The minimum absolute atomic E-state index is 0.191. The van der Waals surface area contributed by atoms with Crippen molar-refractivity contribution in [3.05, 3.63) is 88.2 Å². The summed E-state index contributed by atoms with van der Waals surface area (Å²) in [5.41, 5.74) is 6.18. The van der Waals surface area contributed by atoms with Gasteiger partial charge in [0.1, 0.15) is 0 Å². The van der Waals surface area contributed by atoms with Crippen LogP contribution in [0.1, 0.15) is 21.5 Å². The fourth-order valence-corrected chi connectivity index (χ4v) is 3.43. The number of carbonyl (C=O) groups excluding carboxylic acids is 1. The summed E-state index contributed by atoms with van der Waals surface area (Å²) in [5.74, 6) is -0.191. The maximum atomic E-state index is 13.1. The fraction of sp³-hybridized carbons (Fsp3) is 0.0870. The number of hydrogen-bond acceptors (Lipinski definition) is 3. The Morgan fingerprint density at radius 2 is 1.86 bits per heavy atom. The average molecular weight is 432 g/mol. The van der Waals surface area contributed by atoms with E-state index in [-0.39, 0.29) is 5.91 Å². The van der Waals surface area contributed by atoms with Gasteiger partial charge in [0, 0.05) is 21.6 Å². The predicted octanol–water partition coefficient (Wildman–Crippen LogP) is 5.93. The van der Waals surface area contributed by atoms with E-state index in [4.69, 9.17) is 4.98 Å². The summed E-state index contributed by atoms with van der Waals surface area (Å²) in [6.07, 6.45) is 3.30. The zero-order chi connectivity index (χ0) is 19.7. The SMILES string of the molecule is Cc1ccc(-c2cc(C(=O)Nc3cccnc3)c3cc(Br)ccc3n2)cc1C. The van der Waals surface area contributed by atoms with Crippen molar-refractivity contribution in [1.82, 2.24) is 9.97 Å². The van der Waals surface area contributed by atoms with Gasteiger partial charge < -0.3 is 5.32 Å². The molecule has 0 radical (unpaired) electrons. The highest BCUT2D eigenvalue weighted by molar-refractivity contribution is 9.10. The average Bonchev–Trinajstić information content (AvgIpc) is 2.70. The van der Waals surface area contributed by atoms with E-state index in [1.165, 1.54) is 11.1 Å². The molecule has 0 saturated heterocycles. The molecule has 0 spiro atoms. The Labute approximate surface area is 171 Å². The molecule has 4 rings (SSSR count). The summed E-state index contributed by atoms with van der Waals surface area (Å²) in [6.45, 7) is 4.16. The molecule has 0 unspecified atom stereocenters. The molecule has 2 heterocycles. The van der Waals surface area contributed by atoms with Crippen molar-refractivity contribution in [3.8, 4) is 11.3 Å². The minimum Gasteiger partial charge on any atom is -0.321 e. The Balaban J connectivity index is 1.86. The lowest BCUT2D eigenvalue weighted by Crippen LogP contribution is -2.13. The van der Waals surface area contributed by atoms with E-state index in [1.807, 2.05) is 36.4 Å². The molecule has 0 fully saturated rings. The van der Waals surface area contributed by atoms with Gasteiger partial charge in [-0.05, 0) is 67.4 Å². The van der Waals surface area contributed by atoms with Crippen LogP contribution in [0.4, 0.5) is 5.69 Å². The first kappa shape index (κ1) is 18.3. The number of aryl methyl sites for hydroxylation is 2. The number of hydrogen-bond donors (Lipinski definition) is 1. The van der Waals surface area contributed by atoms with Gasteiger partial charge in [0.25, 0.3) is 5.91 Å². The van der Waals surface area contributed by atoms with Crippen LogP contribution in [0.15, 0.2) is 71.5 Å². The van der Waals surface area contributed by atoms with Crippen molar-refractivity contribution >= 4 is 38.4 Å². The second-order valence-electron chi connectivity index (χ2n) is 6.71. The molecule has 1 amide bonds. The number of carbonyl (C=O) groups is 1. The highest BCUT2D eigenvalue weighted by atomic mass is 79.9. The van der Waals surface area contributed by atoms with E-state index >= 15 is 0 Å². The van der Waals surface area contributed by atoms with Gasteiger partial charge in [-0.25, -0.2) is 4.98 Å². The van der Waals surface area contributed by atoms with E-state index in [1.54, 1.807) is 18.5 Å². The van der Waals surface area contributed by atoms with Crippen LogP contribution >= 0.6 is 15.9 Å². The molecule has 0 aliphatic heterocycles. The highest BCUT2D eigenvalue weighted by Crippen LogP contribution is 2.28. The van der Waals surface area contributed by atoms with Gasteiger partial charge in [0.05, 0.1) is 28.7 Å². The van der Waals surface area contributed by atoms with E-state index < -0.39 is 0 Å². The number of nitrogens with zero attached hydrogens (tertiary/aromatic N) is 2. The minimum atomic E-state index is -0.191. The fourth-order valence-electron chi connectivity index (χ4n) is 3.07. The molecule has 0 aliphatic carbocycles. The normalized spacial score (nSPS) is 10.8. The molecule has 4 nitrogen and oxygen atoms in total.